The number of hydrogen-bond donors (Lipinski definition) is 2. The second kappa shape index (κ2) is 7.20. The first kappa shape index (κ1) is 14.9. The Morgan fingerprint density at radius 1 is 1.69 bits per heavy atom. The van der Waals surface area contributed by atoms with Gasteiger partial charge in [-0.2, -0.15) is 15.0 Å². The van der Waals surface area contributed by atoms with Gasteiger partial charge in [-0.25, -0.2) is 4.99 Å². The molecule has 0 aliphatic heterocycles. The maximum absolute atomic E-state index is 5.62. The van der Waals surface area contributed by atoms with E-state index in [-0.39, 0.29) is 24.0 Å². The molecule has 3 N–H and O–H groups in total. The van der Waals surface area contributed by atoms with E-state index in [1.165, 1.54) is 4.80 Å². The van der Waals surface area contributed by atoms with E-state index >= 15 is 0 Å². The zero-order valence-corrected chi connectivity index (χ0v) is 11.8. The van der Waals surface area contributed by atoms with E-state index in [4.69, 9.17) is 5.73 Å². The van der Waals surface area contributed by atoms with Gasteiger partial charge >= 0.3 is 0 Å². The lowest BCUT2D eigenvalue weighted by molar-refractivity contribution is 0.645. The van der Waals surface area contributed by atoms with E-state index in [0.29, 0.717) is 19.0 Å². The second-order valence-electron chi connectivity index (χ2n) is 3.34. The van der Waals surface area contributed by atoms with Crippen molar-refractivity contribution in [2.24, 2.45) is 17.8 Å². The van der Waals surface area contributed by atoms with Crippen molar-refractivity contribution in [3.05, 3.63) is 24.0 Å². The Hall–Kier alpha value is -1.12. The summed E-state index contributed by atoms with van der Waals surface area (Å²) >= 11 is 0. The molecule has 6 nitrogen and oxygen atoms in total. The Morgan fingerprint density at radius 3 is 2.88 bits per heavy atom. The van der Waals surface area contributed by atoms with Crippen LogP contribution in [0.5, 0.6) is 0 Å². The highest BCUT2D eigenvalue weighted by molar-refractivity contribution is 14.0. The smallest absolute Gasteiger partial charge is 0.189 e. The molecule has 0 spiro atoms. The summed E-state index contributed by atoms with van der Waals surface area (Å²) < 4.78 is 0. The number of aromatic nitrogens is 3. The third-order valence-electron chi connectivity index (χ3n) is 1.63. The van der Waals surface area contributed by atoms with E-state index in [0.717, 1.165) is 11.3 Å². The summed E-state index contributed by atoms with van der Waals surface area (Å²) in [6.45, 7) is 6.74. The lowest BCUT2D eigenvalue weighted by Crippen LogP contribution is -2.32. The van der Waals surface area contributed by atoms with Gasteiger partial charge in [-0.15, -0.1) is 24.0 Å². The molecule has 0 unspecified atom stereocenters. The summed E-state index contributed by atoms with van der Waals surface area (Å²) in [7, 11) is 1.76. The molecule has 0 fully saturated rings. The molecule has 1 aromatic rings. The van der Waals surface area contributed by atoms with Gasteiger partial charge in [0.15, 0.2) is 5.96 Å². The largest absolute Gasteiger partial charge is 0.370 e. The Morgan fingerprint density at radius 2 is 2.38 bits per heavy atom. The van der Waals surface area contributed by atoms with Crippen LogP contribution >= 0.6 is 24.0 Å². The minimum absolute atomic E-state index is 0. The summed E-state index contributed by atoms with van der Waals surface area (Å²) in [5.74, 6) is 0.392. The van der Waals surface area contributed by atoms with Crippen LogP contribution in [0.2, 0.25) is 0 Å². The predicted molar refractivity (Wildman–Crippen MR) is 74.6 cm³/mol. The highest BCUT2D eigenvalue weighted by Gasteiger charge is 1.96. The van der Waals surface area contributed by atoms with Gasteiger partial charge in [0.25, 0.3) is 0 Å². The van der Waals surface area contributed by atoms with E-state index < -0.39 is 0 Å². The number of hydrogen-bond acceptors (Lipinski definition) is 3. The molecular weight excluding hydrogens is 319 g/mol. The Balaban J connectivity index is 0.00000225. The Kier molecular flexibility index (Phi) is 6.70. The zero-order chi connectivity index (χ0) is 11.3. The number of aryl methyl sites for hydroxylation is 1. The number of nitrogens with zero attached hydrogens (tertiary/aromatic N) is 4. The molecule has 0 aromatic carbocycles. The number of nitrogens with one attached hydrogen (secondary N) is 1. The van der Waals surface area contributed by atoms with Crippen LogP contribution in [0.4, 0.5) is 0 Å². The maximum atomic E-state index is 5.62. The van der Waals surface area contributed by atoms with Gasteiger partial charge in [-0.05, 0) is 6.92 Å². The third kappa shape index (κ3) is 5.69. The van der Waals surface area contributed by atoms with Crippen molar-refractivity contribution in [1.82, 2.24) is 20.3 Å². The van der Waals surface area contributed by atoms with Crippen molar-refractivity contribution in [1.29, 1.82) is 0 Å². The summed E-state index contributed by atoms with van der Waals surface area (Å²) in [6.07, 6.45) is 1.66. The van der Waals surface area contributed by atoms with Crippen LogP contribution < -0.4 is 11.1 Å². The molecule has 0 aliphatic rings. The zero-order valence-electron chi connectivity index (χ0n) is 9.47. The fourth-order valence-electron chi connectivity index (χ4n) is 0.924. The van der Waals surface area contributed by atoms with E-state index in [1.807, 2.05) is 6.92 Å². The molecule has 0 saturated carbocycles. The minimum Gasteiger partial charge on any atom is -0.370 e. The average Bonchev–Trinajstić information content (AvgIpc) is 2.58. The molecule has 90 valence electrons. The first-order valence-corrected chi connectivity index (χ1v) is 4.61. The third-order valence-corrected chi connectivity index (χ3v) is 1.63. The molecule has 0 atom stereocenters. The molecule has 0 bridgehead atoms. The Labute approximate surface area is 112 Å². The SMILES string of the molecule is C=C(C)CNC(N)=NCc1cnn(C)n1.I. The summed E-state index contributed by atoms with van der Waals surface area (Å²) in [5, 5.41) is 10.9. The molecule has 0 aliphatic carbocycles. The fraction of sp³-hybridized carbons (Fsp3) is 0.444. The van der Waals surface area contributed by atoms with Crippen LogP contribution in [0.1, 0.15) is 12.6 Å². The van der Waals surface area contributed by atoms with Crippen LogP contribution in [-0.2, 0) is 13.6 Å². The number of halogens is 1. The van der Waals surface area contributed by atoms with Gasteiger partial charge in [0, 0.05) is 13.6 Å². The predicted octanol–water partition coefficient (Wildman–Crippen LogP) is 0.413. The standard InChI is InChI=1S/C9H16N6.HI/c1-7(2)4-11-9(10)12-5-8-6-13-15(3)14-8;/h6H,1,4-5H2,2-3H3,(H3,10,11,12);1H. The molecule has 16 heavy (non-hydrogen) atoms. The molecular formula is C9H17IN6. The summed E-state index contributed by atoms with van der Waals surface area (Å²) in [5.41, 5.74) is 7.42. The first-order chi connectivity index (χ1) is 7.08. The molecule has 0 saturated heterocycles. The highest BCUT2D eigenvalue weighted by Crippen LogP contribution is 1.92. The Bertz CT molecular complexity index is 370. The van der Waals surface area contributed by atoms with Crippen LogP contribution in [-0.4, -0.2) is 27.5 Å². The van der Waals surface area contributed by atoms with Crippen molar-refractivity contribution in [2.75, 3.05) is 6.54 Å². The fourth-order valence-corrected chi connectivity index (χ4v) is 0.924. The normalized spacial score (nSPS) is 10.8. The number of nitrogens with two attached hydrogens (primary N) is 1. The van der Waals surface area contributed by atoms with Crippen LogP contribution in [0.3, 0.4) is 0 Å². The summed E-state index contributed by atoms with van der Waals surface area (Å²) in [6, 6.07) is 0. The molecule has 1 aromatic heterocycles. The van der Waals surface area contributed by atoms with E-state index in [2.05, 4.69) is 27.1 Å². The number of rotatable bonds is 4. The minimum atomic E-state index is 0. The average molecular weight is 336 g/mol. The molecule has 0 radical (unpaired) electrons. The lowest BCUT2D eigenvalue weighted by atomic mass is 10.3. The van der Waals surface area contributed by atoms with Crippen molar-refractivity contribution >= 4 is 29.9 Å². The van der Waals surface area contributed by atoms with Crippen molar-refractivity contribution < 1.29 is 0 Å². The topological polar surface area (TPSA) is 81.1 Å². The first-order valence-electron chi connectivity index (χ1n) is 4.61. The van der Waals surface area contributed by atoms with Gasteiger partial charge < -0.3 is 11.1 Å². The molecule has 7 heteroatoms. The second-order valence-corrected chi connectivity index (χ2v) is 3.34. The van der Waals surface area contributed by atoms with E-state index in [1.54, 1.807) is 13.2 Å². The van der Waals surface area contributed by atoms with Gasteiger partial charge in [0.05, 0.1) is 12.7 Å². The van der Waals surface area contributed by atoms with Crippen LogP contribution in [0, 0.1) is 0 Å². The van der Waals surface area contributed by atoms with Crippen molar-refractivity contribution in [3.63, 3.8) is 0 Å². The monoisotopic (exact) mass is 336 g/mol. The lowest BCUT2D eigenvalue weighted by Gasteiger charge is -2.03. The maximum Gasteiger partial charge on any atom is 0.189 e. The van der Waals surface area contributed by atoms with Crippen LogP contribution in [0.15, 0.2) is 23.3 Å². The van der Waals surface area contributed by atoms with Crippen LogP contribution in [0.25, 0.3) is 0 Å². The van der Waals surface area contributed by atoms with Gasteiger partial charge in [-0.1, -0.05) is 12.2 Å². The highest BCUT2D eigenvalue weighted by atomic mass is 127. The molecule has 1 rings (SSSR count). The number of aliphatic imine (C=N–C) groups is 1. The summed E-state index contributed by atoms with van der Waals surface area (Å²) in [4.78, 5) is 5.59. The van der Waals surface area contributed by atoms with Gasteiger partial charge in [-0.3, -0.25) is 0 Å². The molecule has 0 amide bonds. The van der Waals surface area contributed by atoms with Crippen molar-refractivity contribution in [3.8, 4) is 0 Å². The van der Waals surface area contributed by atoms with Crippen molar-refractivity contribution in [2.45, 2.75) is 13.5 Å². The van der Waals surface area contributed by atoms with Gasteiger partial charge in [0.1, 0.15) is 5.69 Å². The van der Waals surface area contributed by atoms with E-state index in [9.17, 15) is 0 Å². The van der Waals surface area contributed by atoms with Gasteiger partial charge in [0.2, 0.25) is 0 Å². The number of guanidine groups is 1. The molecule has 1 heterocycles. The quantitative estimate of drug-likeness (QED) is 0.361.